The molecule has 0 radical (unpaired) electrons. The molecule has 0 atom stereocenters. The molecule has 1 heterocycles. The average molecular weight is 306 g/mol. The molecule has 1 aromatic carbocycles. The predicted octanol–water partition coefficient (Wildman–Crippen LogP) is 1.87. The summed E-state index contributed by atoms with van der Waals surface area (Å²) in [5.74, 6) is 0.217. The Kier molecular flexibility index (Phi) is 6.68. The molecule has 1 aliphatic rings. The Morgan fingerprint density at radius 1 is 1.36 bits per heavy atom. The van der Waals surface area contributed by atoms with E-state index in [1.807, 2.05) is 25.1 Å². The lowest BCUT2D eigenvalue weighted by atomic mass is 9.97. The zero-order valence-electron chi connectivity index (χ0n) is 13.3. The summed E-state index contributed by atoms with van der Waals surface area (Å²) in [7, 11) is 0. The number of piperidine rings is 1. The number of benzene rings is 1. The Morgan fingerprint density at radius 3 is 2.77 bits per heavy atom. The lowest BCUT2D eigenvalue weighted by molar-refractivity contribution is -0.140. The van der Waals surface area contributed by atoms with Crippen LogP contribution in [0.3, 0.4) is 0 Å². The smallest absolute Gasteiger partial charge is 0.325 e. The molecule has 5 heteroatoms. The van der Waals surface area contributed by atoms with Crippen molar-refractivity contribution in [1.29, 1.82) is 0 Å². The maximum atomic E-state index is 11.5. The highest BCUT2D eigenvalue weighted by molar-refractivity contribution is 5.75. The molecule has 122 valence electrons. The summed E-state index contributed by atoms with van der Waals surface area (Å²) in [5, 5.41) is 12.4. The molecule has 0 saturated carbocycles. The Balaban J connectivity index is 1.89. The van der Waals surface area contributed by atoms with Crippen molar-refractivity contribution < 1.29 is 14.6 Å². The van der Waals surface area contributed by atoms with Gasteiger partial charge in [0.1, 0.15) is 6.54 Å². The number of anilines is 1. The van der Waals surface area contributed by atoms with E-state index < -0.39 is 0 Å². The third kappa shape index (κ3) is 5.00. The number of carbonyl (C=O) groups excluding carboxylic acids is 1. The quantitative estimate of drug-likeness (QED) is 0.753. The minimum Gasteiger partial charge on any atom is -0.465 e. The van der Waals surface area contributed by atoms with E-state index in [2.05, 4.69) is 16.3 Å². The lowest BCUT2D eigenvalue weighted by Crippen LogP contribution is -2.34. The number of aliphatic hydroxyl groups excluding tert-OH is 1. The van der Waals surface area contributed by atoms with Gasteiger partial charge < -0.3 is 15.2 Å². The molecule has 1 fully saturated rings. The van der Waals surface area contributed by atoms with Crippen molar-refractivity contribution in [3.63, 3.8) is 0 Å². The molecular formula is C17H26N2O3. The van der Waals surface area contributed by atoms with Crippen LogP contribution in [0.25, 0.3) is 0 Å². The summed E-state index contributed by atoms with van der Waals surface area (Å²) < 4.78 is 4.94. The van der Waals surface area contributed by atoms with Crippen molar-refractivity contribution in [2.24, 2.45) is 5.92 Å². The summed E-state index contributed by atoms with van der Waals surface area (Å²) in [4.78, 5) is 13.9. The number of rotatable bonds is 7. The monoisotopic (exact) mass is 306 g/mol. The van der Waals surface area contributed by atoms with Crippen LogP contribution in [0.1, 0.15) is 25.3 Å². The fourth-order valence-corrected chi connectivity index (χ4v) is 2.78. The number of hydrogen-bond donors (Lipinski definition) is 2. The zero-order valence-corrected chi connectivity index (χ0v) is 13.3. The van der Waals surface area contributed by atoms with E-state index in [-0.39, 0.29) is 12.5 Å². The van der Waals surface area contributed by atoms with Gasteiger partial charge in [-0.3, -0.25) is 9.69 Å². The van der Waals surface area contributed by atoms with Crippen LogP contribution in [0.4, 0.5) is 5.69 Å². The summed E-state index contributed by atoms with van der Waals surface area (Å²) in [6.45, 7) is 5.59. The molecule has 0 spiro atoms. The zero-order chi connectivity index (χ0) is 15.8. The van der Waals surface area contributed by atoms with Gasteiger partial charge >= 0.3 is 5.97 Å². The normalized spacial score (nSPS) is 16.5. The molecule has 2 rings (SSSR count). The van der Waals surface area contributed by atoms with Crippen LogP contribution in [-0.2, 0) is 16.1 Å². The van der Waals surface area contributed by atoms with Crippen molar-refractivity contribution in [1.82, 2.24) is 4.90 Å². The first-order valence-electron chi connectivity index (χ1n) is 8.03. The highest BCUT2D eigenvalue weighted by Gasteiger charge is 2.19. The Labute approximate surface area is 132 Å². The minimum atomic E-state index is -0.235. The summed E-state index contributed by atoms with van der Waals surface area (Å²) in [6, 6.07) is 8.07. The van der Waals surface area contributed by atoms with Gasteiger partial charge in [-0.1, -0.05) is 18.2 Å². The first kappa shape index (κ1) is 16.8. The number of para-hydroxylation sites is 1. The molecule has 1 saturated heterocycles. The van der Waals surface area contributed by atoms with Crippen LogP contribution in [0.2, 0.25) is 0 Å². The van der Waals surface area contributed by atoms with Gasteiger partial charge in [-0.2, -0.15) is 0 Å². The molecule has 22 heavy (non-hydrogen) atoms. The van der Waals surface area contributed by atoms with Gasteiger partial charge in [-0.15, -0.1) is 0 Å². The van der Waals surface area contributed by atoms with Crippen molar-refractivity contribution in [2.75, 3.05) is 38.2 Å². The molecule has 0 bridgehead atoms. The number of likely N-dealkylation sites (tertiary alicyclic amines) is 1. The molecule has 1 aliphatic heterocycles. The third-order valence-electron chi connectivity index (χ3n) is 4.11. The first-order chi connectivity index (χ1) is 10.7. The topological polar surface area (TPSA) is 61.8 Å². The average Bonchev–Trinajstić information content (AvgIpc) is 2.55. The maximum Gasteiger partial charge on any atom is 0.325 e. The number of ether oxygens (including phenoxy) is 1. The second kappa shape index (κ2) is 8.76. The molecule has 0 aromatic heterocycles. The molecule has 0 unspecified atom stereocenters. The van der Waals surface area contributed by atoms with Crippen LogP contribution in [0.5, 0.6) is 0 Å². The Hall–Kier alpha value is -1.59. The van der Waals surface area contributed by atoms with E-state index in [9.17, 15) is 9.90 Å². The van der Waals surface area contributed by atoms with Crippen LogP contribution in [0, 0.1) is 5.92 Å². The molecule has 2 N–H and O–H groups in total. The van der Waals surface area contributed by atoms with Crippen molar-refractivity contribution in [2.45, 2.75) is 26.3 Å². The van der Waals surface area contributed by atoms with Crippen molar-refractivity contribution >= 4 is 11.7 Å². The van der Waals surface area contributed by atoms with Gasteiger partial charge in [0.25, 0.3) is 0 Å². The number of nitrogens with zero attached hydrogens (tertiary/aromatic N) is 1. The van der Waals surface area contributed by atoms with Gasteiger partial charge in [0, 0.05) is 18.8 Å². The van der Waals surface area contributed by atoms with Crippen LogP contribution in [0.15, 0.2) is 24.3 Å². The Bertz CT molecular complexity index is 471. The van der Waals surface area contributed by atoms with E-state index in [1.54, 1.807) is 0 Å². The second-order valence-electron chi connectivity index (χ2n) is 5.72. The highest BCUT2D eigenvalue weighted by Crippen LogP contribution is 2.22. The largest absolute Gasteiger partial charge is 0.465 e. The van der Waals surface area contributed by atoms with E-state index in [1.165, 1.54) is 5.56 Å². The number of nitrogens with one attached hydrogen (secondary N) is 1. The van der Waals surface area contributed by atoms with Crippen molar-refractivity contribution in [3.05, 3.63) is 29.8 Å². The fourth-order valence-electron chi connectivity index (χ4n) is 2.78. The maximum absolute atomic E-state index is 11.5. The van der Waals surface area contributed by atoms with Crippen LogP contribution in [-0.4, -0.2) is 48.8 Å². The van der Waals surface area contributed by atoms with E-state index in [4.69, 9.17) is 4.74 Å². The SMILES string of the molecule is CCOC(=O)CNc1ccccc1CN1CCC(CO)CC1. The summed E-state index contributed by atoms with van der Waals surface area (Å²) >= 11 is 0. The number of hydrogen-bond acceptors (Lipinski definition) is 5. The van der Waals surface area contributed by atoms with Gasteiger partial charge in [0.15, 0.2) is 0 Å². The predicted molar refractivity (Wildman–Crippen MR) is 86.7 cm³/mol. The number of carbonyl (C=O) groups is 1. The molecular weight excluding hydrogens is 280 g/mol. The van der Waals surface area contributed by atoms with E-state index >= 15 is 0 Å². The number of esters is 1. The third-order valence-corrected chi connectivity index (χ3v) is 4.11. The van der Waals surface area contributed by atoms with Crippen LogP contribution < -0.4 is 5.32 Å². The number of aliphatic hydroxyl groups is 1. The standard InChI is InChI=1S/C17H26N2O3/c1-2-22-17(21)11-18-16-6-4-3-5-15(16)12-19-9-7-14(13-20)8-10-19/h3-6,14,18,20H,2,7-13H2,1H3. The molecule has 5 nitrogen and oxygen atoms in total. The first-order valence-corrected chi connectivity index (χ1v) is 8.03. The van der Waals surface area contributed by atoms with Gasteiger partial charge in [0.05, 0.1) is 6.61 Å². The Morgan fingerprint density at radius 2 is 2.09 bits per heavy atom. The van der Waals surface area contributed by atoms with E-state index in [0.717, 1.165) is 38.2 Å². The summed E-state index contributed by atoms with van der Waals surface area (Å²) in [6.07, 6.45) is 2.10. The summed E-state index contributed by atoms with van der Waals surface area (Å²) in [5.41, 5.74) is 2.18. The lowest BCUT2D eigenvalue weighted by Gasteiger charge is -2.31. The minimum absolute atomic E-state index is 0.192. The van der Waals surface area contributed by atoms with Crippen LogP contribution >= 0.6 is 0 Å². The molecule has 0 aliphatic carbocycles. The molecule has 0 amide bonds. The highest BCUT2D eigenvalue weighted by atomic mass is 16.5. The fraction of sp³-hybridized carbons (Fsp3) is 0.588. The molecule has 1 aromatic rings. The van der Waals surface area contributed by atoms with Gasteiger partial charge in [-0.05, 0) is 50.4 Å². The second-order valence-corrected chi connectivity index (χ2v) is 5.72. The van der Waals surface area contributed by atoms with Gasteiger partial charge in [-0.25, -0.2) is 0 Å². The van der Waals surface area contributed by atoms with Crippen molar-refractivity contribution in [3.8, 4) is 0 Å². The van der Waals surface area contributed by atoms with E-state index in [0.29, 0.717) is 19.1 Å². The van der Waals surface area contributed by atoms with Gasteiger partial charge in [0.2, 0.25) is 0 Å².